The Morgan fingerprint density at radius 1 is 1.40 bits per heavy atom. The molecule has 1 atom stereocenters. The van der Waals surface area contributed by atoms with Gasteiger partial charge in [0.25, 0.3) is 0 Å². The van der Waals surface area contributed by atoms with Gasteiger partial charge >= 0.3 is 0 Å². The summed E-state index contributed by atoms with van der Waals surface area (Å²) in [4.78, 5) is 7.95. The highest BCUT2D eigenvalue weighted by molar-refractivity contribution is 7.91. The average molecular weight is 387 g/mol. The number of primary sulfonamides is 1. The lowest BCUT2D eigenvalue weighted by Crippen LogP contribution is -2.40. The van der Waals surface area contributed by atoms with Crippen LogP contribution in [0.2, 0.25) is 0 Å². The molecular weight excluding hydrogens is 356 g/mol. The van der Waals surface area contributed by atoms with Gasteiger partial charge in [0, 0.05) is 24.5 Å². The van der Waals surface area contributed by atoms with Crippen molar-refractivity contribution in [3.63, 3.8) is 0 Å². The van der Waals surface area contributed by atoms with E-state index in [4.69, 9.17) is 10.1 Å². The Morgan fingerprint density at radius 2 is 2.12 bits per heavy atom. The first-order chi connectivity index (χ1) is 11.9. The van der Waals surface area contributed by atoms with Crippen molar-refractivity contribution in [2.75, 3.05) is 19.6 Å². The number of rotatable bonds is 7. The summed E-state index contributed by atoms with van der Waals surface area (Å²) in [5.74, 6) is 2.43. The van der Waals surface area contributed by atoms with Gasteiger partial charge in [0.1, 0.15) is 4.21 Å². The zero-order valence-electron chi connectivity index (χ0n) is 15.4. The molecule has 3 N–H and O–H groups in total. The first-order valence-corrected chi connectivity index (χ1v) is 11.4. The standard InChI is InChI=1S/C17H30N4O2S2/c1-4-13(5-2)14-9-10-21(12-14)17(19-6-3)20-11-15-7-8-16(24-15)25(18,22)23/h7-8,13-14H,4-6,9-12H2,1-3H3,(H,19,20)(H2,18,22,23). The van der Waals surface area contributed by atoms with Gasteiger partial charge in [-0.3, -0.25) is 0 Å². The largest absolute Gasteiger partial charge is 0.357 e. The van der Waals surface area contributed by atoms with E-state index in [2.05, 4.69) is 31.0 Å². The highest BCUT2D eigenvalue weighted by Gasteiger charge is 2.29. The molecule has 0 radical (unpaired) electrons. The summed E-state index contributed by atoms with van der Waals surface area (Å²) in [6, 6.07) is 3.34. The third-order valence-corrected chi connectivity index (χ3v) is 7.39. The van der Waals surface area contributed by atoms with Gasteiger partial charge in [-0.2, -0.15) is 0 Å². The van der Waals surface area contributed by atoms with Crippen LogP contribution in [-0.2, 0) is 16.6 Å². The van der Waals surface area contributed by atoms with Crippen molar-refractivity contribution in [3.8, 4) is 0 Å². The van der Waals surface area contributed by atoms with Crippen LogP contribution in [-0.4, -0.2) is 38.9 Å². The predicted molar refractivity (Wildman–Crippen MR) is 104 cm³/mol. The van der Waals surface area contributed by atoms with E-state index in [0.29, 0.717) is 6.54 Å². The van der Waals surface area contributed by atoms with Crippen molar-refractivity contribution in [2.45, 2.75) is 50.8 Å². The van der Waals surface area contributed by atoms with Crippen molar-refractivity contribution in [2.24, 2.45) is 22.0 Å². The first kappa shape index (κ1) is 20.2. The monoisotopic (exact) mass is 386 g/mol. The minimum absolute atomic E-state index is 0.192. The van der Waals surface area contributed by atoms with Gasteiger partial charge in [-0.05, 0) is 37.3 Å². The molecule has 1 aliphatic heterocycles. The Labute approximate surface area is 155 Å². The van der Waals surface area contributed by atoms with E-state index in [-0.39, 0.29) is 4.21 Å². The molecule has 25 heavy (non-hydrogen) atoms. The Balaban J connectivity index is 2.05. The van der Waals surface area contributed by atoms with E-state index in [0.717, 1.165) is 42.3 Å². The second-order valence-electron chi connectivity index (χ2n) is 6.51. The summed E-state index contributed by atoms with van der Waals surface area (Å²) in [5, 5.41) is 8.53. The van der Waals surface area contributed by atoms with E-state index in [9.17, 15) is 8.42 Å². The number of sulfonamides is 1. The topological polar surface area (TPSA) is 87.8 Å². The van der Waals surface area contributed by atoms with Gasteiger partial charge in [-0.15, -0.1) is 11.3 Å². The molecule has 6 nitrogen and oxygen atoms in total. The zero-order valence-corrected chi connectivity index (χ0v) is 17.0. The van der Waals surface area contributed by atoms with E-state index < -0.39 is 10.0 Å². The first-order valence-electron chi connectivity index (χ1n) is 9.03. The van der Waals surface area contributed by atoms with Crippen LogP contribution in [0.1, 0.15) is 44.9 Å². The molecule has 1 aromatic rings. The van der Waals surface area contributed by atoms with Gasteiger partial charge in [-0.25, -0.2) is 18.5 Å². The number of hydrogen-bond donors (Lipinski definition) is 2. The number of guanidine groups is 1. The molecular formula is C17H30N4O2S2. The van der Waals surface area contributed by atoms with E-state index in [1.165, 1.54) is 30.6 Å². The molecule has 0 spiro atoms. The summed E-state index contributed by atoms with van der Waals surface area (Å²) in [5.41, 5.74) is 0. The summed E-state index contributed by atoms with van der Waals surface area (Å²) in [6.07, 6.45) is 3.67. The van der Waals surface area contributed by atoms with Crippen LogP contribution in [0.25, 0.3) is 0 Å². The molecule has 1 fully saturated rings. The third-order valence-electron chi connectivity index (χ3n) is 4.88. The Bertz CT molecular complexity index is 681. The Morgan fingerprint density at radius 3 is 2.68 bits per heavy atom. The molecule has 142 valence electrons. The zero-order chi connectivity index (χ0) is 18.4. The number of aliphatic imine (C=N–C) groups is 1. The molecule has 2 heterocycles. The fourth-order valence-electron chi connectivity index (χ4n) is 3.49. The SMILES string of the molecule is CCNC(=NCc1ccc(S(N)(=O)=O)s1)N1CCC(C(CC)CC)C1. The van der Waals surface area contributed by atoms with Crippen molar-refractivity contribution >= 4 is 27.3 Å². The Hall–Kier alpha value is -1.12. The number of likely N-dealkylation sites (tertiary alicyclic amines) is 1. The number of nitrogens with zero attached hydrogens (tertiary/aromatic N) is 2. The molecule has 1 aliphatic rings. The molecule has 2 rings (SSSR count). The maximum atomic E-state index is 11.4. The van der Waals surface area contributed by atoms with Gasteiger partial charge in [0.15, 0.2) is 5.96 Å². The Kier molecular flexibility index (Phi) is 7.27. The summed E-state index contributed by atoms with van der Waals surface area (Å²) >= 11 is 1.19. The molecule has 0 saturated carbocycles. The fourth-order valence-corrected chi connectivity index (χ4v) is 5.20. The second kappa shape index (κ2) is 9.00. The fraction of sp³-hybridized carbons (Fsp3) is 0.706. The quantitative estimate of drug-likeness (QED) is 0.557. The van der Waals surface area contributed by atoms with Gasteiger partial charge in [-0.1, -0.05) is 26.7 Å². The van der Waals surface area contributed by atoms with Crippen LogP contribution in [0, 0.1) is 11.8 Å². The summed E-state index contributed by atoms with van der Waals surface area (Å²) < 4.78 is 23.0. The van der Waals surface area contributed by atoms with E-state index in [1.807, 2.05) is 0 Å². The van der Waals surface area contributed by atoms with Crippen LogP contribution in [0.5, 0.6) is 0 Å². The maximum absolute atomic E-state index is 11.4. The van der Waals surface area contributed by atoms with Crippen LogP contribution in [0.4, 0.5) is 0 Å². The van der Waals surface area contributed by atoms with Crippen LogP contribution in [0.3, 0.4) is 0 Å². The molecule has 1 aromatic heterocycles. The minimum Gasteiger partial charge on any atom is -0.357 e. The van der Waals surface area contributed by atoms with Crippen LogP contribution in [0.15, 0.2) is 21.3 Å². The average Bonchev–Trinajstić information content (AvgIpc) is 3.22. The van der Waals surface area contributed by atoms with Crippen molar-refractivity contribution in [3.05, 3.63) is 17.0 Å². The number of hydrogen-bond acceptors (Lipinski definition) is 4. The highest BCUT2D eigenvalue weighted by atomic mass is 32.2. The van der Waals surface area contributed by atoms with Gasteiger partial charge in [0.05, 0.1) is 6.54 Å². The van der Waals surface area contributed by atoms with Crippen molar-refractivity contribution in [1.29, 1.82) is 0 Å². The normalized spacial score (nSPS) is 19.0. The minimum atomic E-state index is -3.63. The molecule has 0 bridgehead atoms. The smallest absolute Gasteiger partial charge is 0.247 e. The third kappa shape index (κ3) is 5.43. The van der Waals surface area contributed by atoms with E-state index in [1.54, 1.807) is 12.1 Å². The van der Waals surface area contributed by atoms with E-state index >= 15 is 0 Å². The number of nitrogens with one attached hydrogen (secondary N) is 1. The molecule has 0 amide bonds. The number of nitrogens with two attached hydrogens (primary N) is 1. The summed E-state index contributed by atoms with van der Waals surface area (Å²) in [7, 11) is -3.63. The molecule has 0 aliphatic carbocycles. The molecule has 1 saturated heterocycles. The lowest BCUT2D eigenvalue weighted by Gasteiger charge is -2.24. The van der Waals surface area contributed by atoms with Gasteiger partial charge < -0.3 is 10.2 Å². The van der Waals surface area contributed by atoms with Crippen molar-refractivity contribution in [1.82, 2.24) is 10.2 Å². The van der Waals surface area contributed by atoms with Crippen LogP contribution < -0.4 is 10.5 Å². The molecule has 1 unspecified atom stereocenters. The molecule has 8 heteroatoms. The lowest BCUT2D eigenvalue weighted by molar-refractivity contribution is 0.319. The maximum Gasteiger partial charge on any atom is 0.247 e. The molecule has 0 aromatic carbocycles. The second-order valence-corrected chi connectivity index (χ2v) is 9.46. The summed E-state index contributed by atoms with van der Waals surface area (Å²) in [6.45, 7) is 9.97. The highest BCUT2D eigenvalue weighted by Crippen LogP contribution is 2.29. The van der Waals surface area contributed by atoms with Crippen LogP contribution >= 0.6 is 11.3 Å². The number of thiophene rings is 1. The lowest BCUT2D eigenvalue weighted by atomic mass is 9.87. The van der Waals surface area contributed by atoms with Crippen molar-refractivity contribution < 1.29 is 8.42 Å². The van der Waals surface area contributed by atoms with Gasteiger partial charge in [0.2, 0.25) is 10.0 Å². The predicted octanol–water partition coefficient (Wildman–Crippen LogP) is 2.62.